The first-order valence-corrected chi connectivity index (χ1v) is 11.4. The van der Waals surface area contributed by atoms with E-state index in [1.165, 1.54) is 13.9 Å². The molecule has 1 saturated heterocycles. The van der Waals surface area contributed by atoms with Crippen molar-refractivity contribution in [2.24, 2.45) is 0 Å². The standard InChI is InChI=1S/C24H28N4O5/c1-3-5-9-14-32-25-18-16-12-13-26-23(30)27(17(4-2)15-10-7-6-8-11-15)24(31)28(26)19(16)20(29)22-21(18)33-22/h1,6-8,10-11,17,19-22,25,29H,4-5,9,12-14H2,2H3/t17-,19+,20-,21+,22-/m0/s1. The van der Waals surface area contributed by atoms with Gasteiger partial charge in [0, 0.05) is 13.0 Å². The van der Waals surface area contributed by atoms with E-state index >= 15 is 0 Å². The van der Waals surface area contributed by atoms with Crippen LogP contribution in [0.3, 0.4) is 0 Å². The van der Waals surface area contributed by atoms with Gasteiger partial charge < -0.3 is 9.84 Å². The van der Waals surface area contributed by atoms with Gasteiger partial charge in [0.2, 0.25) is 0 Å². The van der Waals surface area contributed by atoms with E-state index in [1.807, 2.05) is 37.3 Å². The average Bonchev–Trinajstić information content (AvgIpc) is 3.60. The second-order valence-electron chi connectivity index (χ2n) is 8.64. The van der Waals surface area contributed by atoms with Gasteiger partial charge in [0.25, 0.3) is 0 Å². The number of nitrogens with zero attached hydrogens (tertiary/aromatic N) is 3. The highest BCUT2D eigenvalue weighted by atomic mass is 16.7. The molecular weight excluding hydrogens is 424 g/mol. The zero-order valence-corrected chi connectivity index (χ0v) is 18.5. The molecule has 2 aliphatic heterocycles. The fourth-order valence-electron chi connectivity index (χ4n) is 5.14. The van der Waals surface area contributed by atoms with Crippen molar-refractivity contribution in [1.82, 2.24) is 19.4 Å². The number of fused-ring (bicyclic) bond motifs is 4. The maximum Gasteiger partial charge on any atom is 0.348 e. The smallest absolute Gasteiger partial charge is 0.348 e. The van der Waals surface area contributed by atoms with Gasteiger partial charge in [0.1, 0.15) is 24.4 Å². The Bertz CT molecular complexity index is 1220. The SMILES string of the molecule is C#CCCCONC1=C2CCn3c(=O)n([C@@H](CC)c4ccccc4)c(=O)n3[C@H]2[C@H](O)[C@@H]2O[C@H]12. The van der Waals surface area contributed by atoms with E-state index in [0.717, 1.165) is 16.8 Å². The Morgan fingerprint density at radius 1 is 1.30 bits per heavy atom. The molecule has 0 spiro atoms. The predicted molar refractivity (Wildman–Crippen MR) is 120 cm³/mol. The Balaban J connectivity index is 1.53. The van der Waals surface area contributed by atoms with Crippen molar-refractivity contribution in [3.8, 4) is 12.3 Å². The van der Waals surface area contributed by atoms with Gasteiger partial charge in [-0.15, -0.1) is 12.3 Å². The van der Waals surface area contributed by atoms with Crippen LogP contribution < -0.4 is 16.9 Å². The highest BCUT2D eigenvalue weighted by molar-refractivity contribution is 5.34. The van der Waals surface area contributed by atoms with Gasteiger partial charge in [0.05, 0.1) is 18.3 Å². The van der Waals surface area contributed by atoms with Crippen LogP contribution in [0.4, 0.5) is 0 Å². The minimum Gasteiger partial charge on any atom is -0.388 e. The lowest BCUT2D eigenvalue weighted by Gasteiger charge is -2.35. The number of terminal acetylenes is 1. The van der Waals surface area contributed by atoms with Gasteiger partial charge in [0.15, 0.2) is 0 Å². The van der Waals surface area contributed by atoms with Gasteiger partial charge in [-0.2, -0.15) is 0 Å². The van der Waals surface area contributed by atoms with Gasteiger partial charge >= 0.3 is 11.4 Å². The fraction of sp³-hybridized carbons (Fsp3) is 0.500. The minimum atomic E-state index is -0.923. The number of benzene rings is 1. The molecule has 1 fully saturated rings. The third-order valence-corrected chi connectivity index (χ3v) is 6.75. The van der Waals surface area contributed by atoms with E-state index < -0.39 is 23.9 Å². The third kappa shape index (κ3) is 3.55. The Kier molecular flexibility index (Phi) is 5.74. The number of aliphatic hydroxyl groups is 1. The molecule has 5 atom stereocenters. The van der Waals surface area contributed by atoms with E-state index in [4.69, 9.17) is 16.0 Å². The second kappa shape index (κ2) is 8.71. The van der Waals surface area contributed by atoms with Crippen LogP contribution in [0.1, 0.15) is 50.3 Å². The number of hydrogen-bond acceptors (Lipinski definition) is 6. The van der Waals surface area contributed by atoms with Gasteiger partial charge in [-0.25, -0.2) is 23.5 Å². The summed E-state index contributed by atoms with van der Waals surface area (Å²) in [5.41, 5.74) is 4.68. The van der Waals surface area contributed by atoms with Crippen LogP contribution in [0.25, 0.3) is 0 Å². The molecule has 3 heterocycles. The molecule has 9 heteroatoms. The number of hydroxylamine groups is 1. The first kappa shape index (κ1) is 21.8. The highest BCUT2D eigenvalue weighted by Crippen LogP contribution is 2.46. The van der Waals surface area contributed by atoms with Crippen molar-refractivity contribution < 1.29 is 14.7 Å². The molecule has 9 nitrogen and oxygen atoms in total. The molecule has 0 saturated carbocycles. The largest absolute Gasteiger partial charge is 0.388 e. The van der Waals surface area contributed by atoms with Gasteiger partial charge in [-0.1, -0.05) is 37.3 Å². The molecule has 2 aromatic rings. The zero-order valence-electron chi connectivity index (χ0n) is 18.5. The normalized spacial score (nSPS) is 26.1. The summed E-state index contributed by atoms with van der Waals surface area (Å²) in [6.07, 6.45) is 6.06. The number of aliphatic hydroxyl groups excluding tert-OH is 1. The molecule has 3 aliphatic rings. The lowest BCUT2D eigenvalue weighted by Crippen LogP contribution is -2.47. The Hall–Kier alpha value is -3.06. The van der Waals surface area contributed by atoms with Crippen LogP contribution in [0.15, 0.2) is 51.2 Å². The predicted octanol–water partition coefficient (Wildman–Crippen LogP) is 1.09. The molecule has 0 amide bonds. The third-order valence-electron chi connectivity index (χ3n) is 6.75. The molecule has 1 aromatic carbocycles. The van der Waals surface area contributed by atoms with Gasteiger partial charge in [-0.3, -0.25) is 10.3 Å². The van der Waals surface area contributed by atoms with E-state index in [0.29, 0.717) is 38.8 Å². The number of aromatic nitrogens is 3. The first-order valence-electron chi connectivity index (χ1n) is 11.4. The number of rotatable bonds is 8. The molecule has 1 aliphatic carbocycles. The molecule has 0 bridgehead atoms. The molecule has 5 rings (SSSR count). The summed E-state index contributed by atoms with van der Waals surface area (Å²) in [6, 6.07) is 8.47. The Morgan fingerprint density at radius 2 is 2.09 bits per heavy atom. The molecular formula is C24H28N4O5. The summed E-state index contributed by atoms with van der Waals surface area (Å²) >= 11 is 0. The van der Waals surface area contributed by atoms with Crippen LogP contribution >= 0.6 is 0 Å². The maximum absolute atomic E-state index is 13.6. The summed E-state index contributed by atoms with van der Waals surface area (Å²) in [5.74, 6) is 2.57. The zero-order chi connectivity index (χ0) is 23.1. The van der Waals surface area contributed by atoms with Crippen LogP contribution in [-0.2, 0) is 16.1 Å². The molecule has 2 N–H and O–H groups in total. The first-order chi connectivity index (χ1) is 16.1. The average molecular weight is 453 g/mol. The summed E-state index contributed by atoms with van der Waals surface area (Å²) in [6.45, 7) is 2.72. The fourth-order valence-corrected chi connectivity index (χ4v) is 5.14. The van der Waals surface area contributed by atoms with Crippen LogP contribution in [0.5, 0.6) is 0 Å². The topological polar surface area (TPSA) is 103 Å². The molecule has 0 unspecified atom stereocenters. The van der Waals surface area contributed by atoms with E-state index in [-0.39, 0.29) is 17.8 Å². The minimum absolute atomic E-state index is 0.289. The van der Waals surface area contributed by atoms with Crippen molar-refractivity contribution in [2.75, 3.05) is 6.61 Å². The van der Waals surface area contributed by atoms with E-state index in [1.54, 1.807) is 0 Å². The van der Waals surface area contributed by atoms with Crippen molar-refractivity contribution >= 4 is 0 Å². The molecule has 1 aromatic heterocycles. The van der Waals surface area contributed by atoms with E-state index in [2.05, 4.69) is 11.4 Å². The summed E-state index contributed by atoms with van der Waals surface area (Å²) < 4.78 is 9.89. The number of ether oxygens (including phenoxy) is 1. The monoisotopic (exact) mass is 452 g/mol. The van der Waals surface area contributed by atoms with E-state index in [9.17, 15) is 14.7 Å². The van der Waals surface area contributed by atoms with Gasteiger partial charge in [-0.05, 0) is 30.4 Å². The number of nitrogens with one attached hydrogen (secondary N) is 1. The van der Waals surface area contributed by atoms with Crippen molar-refractivity contribution in [3.63, 3.8) is 0 Å². The van der Waals surface area contributed by atoms with Crippen LogP contribution in [-0.4, -0.2) is 44.0 Å². The molecule has 33 heavy (non-hydrogen) atoms. The maximum atomic E-state index is 13.6. The lowest BCUT2D eigenvalue weighted by atomic mass is 9.86. The summed E-state index contributed by atoms with van der Waals surface area (Å²) in [4.78, 5) is 32.6. The van der Waals surface area contributed by atoms with Crippen LogP contribution in [0.2, 0.25) is 0 Å². The molecule has 0 radical (unpaired) electrons. The number of epoxide rings is 1. The lowest BCUT2D eigenvalue weighted by molar-refractivity contribution is 0.0472. The number of unbranched alkanes of at least 4 members (excludes halogenated alkanes) is 1. The number of hydrogen-bond donors (Lipinski definition) is 2. The van der Waals surface area contributed by atoms with Crippen molar-refractivity contribution in [2.45, 2.75) is 69.5 Å². The molecule has 174 valence electrons. The van der Waals surface area contributed by atoms with Crippen molar-refractivity contribution in [1.29, 1.82) is 0 Å². The van der Waals surface area contributed by atoms with Crippen LogP contribution in [0, 0.1) is 12.3 Å². The Labute approximate surface area is 191 Å². The van der Waals surface area contributed by atoms with Crippen molar-refractivity contribution in [3.05, 3.63) is 68.1 Å². The summed E-state index contributed by atoms with van der Waals surface area (Å²) in [5, 5.41) is 11.0. The second-order valence-corrected chi connectivity index (χ2v) is 8.64. The highest BCUT2D eigenvalue weighted by Gasteiger charge is 2.57. The quantitative estimate of drug-likeness (QED) is 0.269. The summed E-state index contributed by atoms with van der Waals surface area (Å²) in [7, 11) is 0. The Morgan fingerprint density at radius 3 is 2.82 bits per heavy atom.